The lowest BCUT2D eigenvalue weighted by Crippen LogP contribution is -2.20. The Bertz CT molecular complexity index is 769. The number of phenolic OH excluding ortho intramolecular Hbond substituents is 2. The number of Topliss-reactive ketones (excluding diaryl/α,β-unsaturated/α-hetero) is 1. The van der Waals surface area contributed by atoms with Crippen molar-refractivity contribution in [3.63, 3.8) is 0 Å². The number of carbonyl (C=O) groups excluding carboxylic acids is 2. The van der Waals surface area contributed by atoms with Gasteiger partial charge in [-0.3, -0.25) is 9.59 Å². The van der Waals surface area contributed by atoms with Crippen LogP contribution in [0.3, 0.4) is 0 Å². The lowest BCUT2D eigenvalue weighted by Gasteiger charge is -2.21. The molecular formula is C19H22O6. The standard InChI is InChI=1S/C19H22O6/c1-4-7-25-15-9-14(22)16-13(21)8-11(12(20)6-5-10(2)3)18(23)17(16)19(15)24/h5,8-9,12,20-21,23H,4,6-7H2,1-3H3/t12-/m1/s1. The van der Waals surface area contributed by atoms with E-state index < -0.39 is 29.2 Å². The molecule has 0 amide bonds. The minimum atomic E-state index is -1.13. The Labute approximate surface area is 146 Å². The maximum absolute atomic E-state index is 12.6. The average molecular weight is 346 g/mol. The zero-order valence-corrected chi connectivity index (χ0v) is 14.5. The van der Waals surface area contributed by atoms with Gasteiger partial charge in [0.25, 0.3) is 0 Å². The van der Waals surface area contributed by atoms with Crippen LogP contribution in [0.4, 0.5) is 0 Å². The van der Waals surface area contributed by atoms with E-state index in [4.69, 9.17) is 4.74 Å². The van der Waals surface area contributed by atoms with E-state index in [1.165, 1.54) is 0 Å². The fourth-order valence-corrected chi connectivity index (χ4v) is 2.58. The molecule has 0 aromatic heterocycles. The number of ether oxygens (including phenoxy) is 1. The molecule has 2 rings (SSSR count). The van der Waals surface area contributed by atoms with Gasteiger partial charge in [0.15, 0.2) is 11.5 Å². The van der Waals surface area contributed by atoms with Gasteiger partial charge >= 0.3 is 0 Å². The molecule has 0 radical (unpaired) electrons. The summed E-state index contributed by atoms with van der Waals surface area (Å²) in [7, 11) is 0. The van der Waals surface area contributed by atoms with Gasteiger partial charge in [0, 0.05) is 11.6 Å². The van der Waals surface area contributed by atoms with Gasteiger partial charge in [-0.2, -0.15) is 0 Å². The number of carbonyl (C=O) groups is 2. The Morgan fingerprint density at radius 1 is 1.24 bits per heavy atom. The number of benzene rings is 1. The van der Waals surface area contributed by atoms with Gasteiger partial charge in [0.1, 0.15) is 11.5 Å². The molecule has 0 unspecified atom stereocenters. The van der Waals surface area contributed by atoms with E-state index in [0.717, 1.165) is 17.7 Å². The van der Waals surface area contributed by atoms with Gasteiger partial charge in [-0.1, -0.05) is 18.6 Å². The molecule has 1 atom stereocenters. The molecule has 0 bridgehead atoms. The molecule has 1 aromatic rings. The highest BCUT2D eigenvalue weighted by atomic mass is 16.5. The third-order valence-corrected chi connectivity index (χ3v) is 3.84. The molecule has 0 fully saturated rings. The van der Waals surface area contributed by atoms with E-state index >= 15 is 0 Å². The topological polar surface area (TPSA) is 104 Å². The highest BCUT2D eigenvalue weighted by Gasteiger charge is 2.34. The molecule has 6 heteroatoms. The summed E-state index contributed by atoms with van der Waals surface area (Å²) in [6, 6.07) is 1.12. The number of allylic oxidation sites excluding steroid dienone is 3. The number of fused-ring (bicyclic) bond motifs is 1. The van der Waals surface area contributed by atoms with Crippen LogP contribution in [0.25, 0.3) is 0 Å². The first kappa shape index (κ1) is 18.7. The first-order chi connectivity index (χ1) is 11.8. The minimum Gasteiger partial charge on any atom is -0.507 e. The average Bonchev–Trinajstić information content (AvgIpc) is 2.56. The highest BCUT2D eigenvalue weighted by molar-refractivity contribution is 6.26. The summed E-state index contributed by atoms with van der Waals surface area (Å²) in [5.74, 6) is -2.45. The quantitative estimate of drug-likeness (QED) is 0.540. The second-order valence-corrected chi connectivity index (χ2v) is 6.17. The Kier molecular flexibility index (Phi) is 5.64. The summed E-state index contributed by atoms with van der Waals surface area (Å²) in [4.78, 5) is 24.8. The molecule has 6 nitrogen and oxygen atoms in total. The van der Waals surface area contributed by atoms with Crippen molar-refractivity contribution in [1.82, 2.24) is 0 Å². The maximum Gasteiger partial charge on any atom is 0.232 e. The second-order valence-electron chi connectivity index (χ2n) is 6.17. The first-order valence-corrected chi connectivity index (χ1v) is 8.11. The van der Waals surface area contributed by atoms with Crippen LogP contribution in [0.15, 0.2) is 29.6 Å². The van der Waals surface area contributed by atoms with E-state index in [-0.39, 0.29) is 35.5 Å². The lowest BCUT2D eigenvalue weighted by molar-refractivity contribution is 0.0877. The summed E-state index contributed by atoms with van der Waals surface area (Å²) >= 11 is 0. The highest BCUT2D eigenvalue weighted by Crippen LogP contribution is 2.41. The molecule has 0 spiro atoms. The van der Waals surface area contributed by atoms with Crippen molar-refractivity contribution >= 4 is 11.6 Å². The van der Waals surface area contributed by atoms with Crippen LogP contribution in [0.5, 0.6) is 11.5 Å². The van der Waals surface area contributed by atoms with Gasteiger partial charge in [-0.25, -0.2) is 0 Å². The van der Waals surface area contributed by atoms with E-state index in [0.29, 0.717) is 6.42 Å². The van der Waals surface area contributed by atoms with Crippen molar-refractivity contribution in [2.24, 2.45) is 0 Å². The molecule has 134 valence electrons. The predicted octanol–water partition coefficient (Wildman–Crippen LogP) is 3.18. The molecule has 0 saturated carbocycles. The fraction of sp³-hybridized carbons (Fsp3) is 0.368. The zero-order chi connectivity index (χ0) is 18.7. The third kappa shape index (κ3) is 3.74. The molecule has 1 aliphatic rings. The number of phenols is 2. The summed E-state index contributed by atoms with van der Waals surface area (Å²) in [5, 5.41) is 30.9. The Morgan fingerprint density at radius 2 is 1.92 bits per heavy atom. The van der Waals surface area contributed by atoms with Crippen LogP contribution < -0.4 is 0 Å². The van der Waals surface area contributed by atoms with Crippen LogP contribution in [0, 0.1) is 0 Å². The van der Waals surface area contributed by atoms with Crippen molar-refractivity contribution < 1.29 is 29.6 Å². The van der Waals surface area contributed by atoms with Crippen molar-refractivity contribution in [3.8, 4) is 11.5 Å². The minimum absolute atomic E-state index is 0.00774. The summed E-state index contributed by atoms with van der Waals surface area (Å²) in [6.07, 6.45) is 2.50. The molecule has 25 heavy (non-hydrogen) atoms. The van der Waals surface area contributed by atoms with Crippen LogP contribution in [0.1, 0.15) is 66.0 Å². The first-order valence-electron chi connectivity index (χ1n) is 8.11. The van der Waals surface area contributed by atoms with Crippen molar-refractivity contribution in [2.75, 3.05) is 6.61 Å². The van der Waals surface area contributed by atoms with Crippen molar-refractivity contribution in [2.45, 2.75) is 39.7 Å². The molecule has 0 aliphatic heterocycles. The molecule has 0 saturated heterocycles. The number of hydrogen-bond acceptors (Lipinski definition) is 6. The van der Waals surface area contributed by atoms with Crippen LogP contribution >= 0.6 is 0 Å². The number of aliphatic hydroxyl groups is 1. The number of aromatic hydroxyl groups is 2. The number of aliphatic hydroxyl groups excluding tert-OH is 1. The monoisotopic (exact) mass is 346 g/mol. The second kappa shape index (κ2) is 7.53. The molecule has 3 N–H and O–H groups in total. The van der Waals surface area contributed by atoms with Gasteiger partial charge in [0.2, 0.25) is 5.78 Å². The number of rotatable bonds is 6. The predicted molar refractivity (Wildman–Crippen MR) is 91.8 cm³/mol. The Balaban J connectivity index is 2.51. The third-order valence-electron chi connectivity index (χ3n) is 3.84. The van der Waals surface area contributed by atoms with Crippen LogP contribution in [-0.4, -0.2) is 33.5 Å². The van der Waals surface area contributed by atoms with E-state index in [2.05, 4.69) is 0 Å². The molecular weight excluding hydrogens is 324 g/mol. The van der Waals surface area contributed by atoms with Crippen LogP contribution in [0.2, 0.25) is 0 Å². The normalized spacial score (nSPS) is 14.6. The molecule has 0 heterocycles. The van der Waals surface area contributed by atoms with Crippen molar-refractivity contribution in [1.29, 1.82) is 0 Å². The summed E-state index contributed by atoms with van der Waals surface area (Å²) in [6.45, 7) is 5.82. The summed E-state index contributed by atoms with van der Waals surface area (Å²) < 4.78 is 5.27. The van der Waals surface area contributed by atoms with Gasteiger partial charge in [0.05, 0.1) is 23.8 Å². The largest absolute Gasteiger partial charge is 0.507 e. The van der Waals surface area contributed by atoms with Gasteiger partial charge in [-0.15, -0.1) is 0 Å². The van der Waals surface area contributed by atoms with E-state index in [1.54, 1.807) is 6.08 Å². The van der Waals surface area contributed by atoms with Gasteiger partial charge in [-0.05, 0) is 32.8 Å². The summed E-state index contributed by atoms with van der Waals surface area (Å²) in [5.41, 5.74) is 0.367. The molecule has 1 aliphatic carbocycles. The van der Waals surface area contributed by atoms with E-state index in [9.17, 15) is 24.9 Å². The number of ketones is 2. The van der Waals surface area contributed by atoms with Gasteiger partial charge < -0.3 is 20.1 Å². The maximum atomic E-state index is 12.6. The Morgan fingerprint density at radius 3 is 2.52 bits per heavy atom. The SMILES string of the molecule is CCCOC1=CC(=O)c2c(O)cc([C@H](O)CC=C(C)C)c(O)c2C1=O. The number of hydrogen-bond donors (Lipinski definition) is 3. The smallest absolute Gasteiger partial charge is 0.232 e. The van der Waals surface area contributed by atoms with E-state index in [1.807, 2.05) is 20.8 Å². The molecule has 1 aromatic carbocycles. The zero-order valence-electron chi connectivity index (χ0n) is 14.5. The van der Waals surface area contributed by atoms with Crippen LogP contribution in [-0.2, 0) is 4.74 Å². The lowest BCUT2D eigenvalue weighted by atomic mass is 9.88. The van der Waals surface area contributed by atoms with Crippen molar-refractivity contribution in [3.05, 3.63) is 46.2 Å². The Hall–Kier alpha value is -2.60. The fourth-order valence-electron chi connectivity index (χ4n) is 2.58.